The molecule has 86 valence electrons. The molecule has 6 heteroatoms. The molecule has 0 N–H and O–H groups in total. The van der Waals surface area contributed by atoms with Crippen LogP contribution in [0.15, 0.2) is 24.3 Å². The normalized spacial score (nSPS) is 20.5. The van der Waals surface area contributed by atoms with Crippen LogP contribution >= 0.6 is 0 Å². The van der Waals surface area contributed by atoms with Crippen molar-refractivity contribution in [2.75, 3.05) is 7.05 Å². The van der Waals surface area contributed by atoms with E-state index in [0.717, 1.165) is 15.9 Å². The zero-order valence-electron chi connectivity index (χ0n) is 9.20. The molecule has 0 bridgehead atoms. The van der Waals surface area contributed by atoms with Gasteiger partial charge in [0.25, 0.3) is 5.91 Å². The first-order valence-electron chi connectivity index (χ1n) is 5.29. The Morgan fingerprint density at radius 3 is 2.24 bits per heavy atom. The molecule has 1 aliphatic rings. The van der Waals surface area contributed by atoms with Crippen molar-refractivity contribution in [1.29, 1.82) is 0 Å². The summed E-state index contributed by atoms with van der Waals surface area (Å²) in [7, 11) is 1.48. The van der Waals surface area contributed by atoms with Crippen LogP contribution in [0, 0.1) is 0 Å². The Balaban J connectivity index is 2.05. The van der Waals surface area contributed by atoms with Crippen molar-refractivity contribution in [1.82, 2.24) is 19.9 Å². The van der Waals surface area contributed by atoms with E-state index in [0.29, 0.717) is 0 Å². The summed E-state index contributed by atoms with van der Waals surface area (Å²) in [6.45, 7) is 0. The molecule has 1 unspecified atom stereocenters. The second kappa shape index (κ2) is 3.38. The fraction of sp³-hybridized carbons (Fsp3) is 0.273. The van der Waals surface area contributed by atoms with E-state index >= 15 is 0 Å². The van der Waals surface area contributed by atoms with Gasteiger partial charge >= 0.3 is 0 Å². The summed E-state index contributed by atoms with van der Waals surface area (Å²) in [5.74, 6) is -0.448. The molecule has 1 atom stereocenters. The molecular formula is C11H10N4O2. The summed E-state index contributed by atoms with van der Waals surface area (Å²) in [5.41, 5.74) is 1.45. The highest BCUT2D eigenvalue weighted by Gasteiger charge is 2.38. The third-order valence-corrected chi connectivity index (χ3v) is 2.94. The van der Waals surface area contributed by atoms with Crippen molar-refractivity contribution in [3.05, 3.63) is 24.3 Å². The van der Waals surface area contributed by atoms with Crippen molar-refractivity contribution in [2.24, 2.45) is 0 Å². The number of carbonyl (C=O) groups is 2. The van der Waals surface area contributed by atoms with Crippen LogP contribution in [0.3, 0.4) is 0 Å². The molecule has 1 aromatic heterocycles. The van der Waals surface area contributed by atoms with E-state index in [2.05, 4.69) is 10.2 Å². The number of carbonyl (C=O) groups excluding carboxylic acids is 2. The Labute approximate surface area is 96.8 Å². The van der Waals surface area contributed by atoms with Crippen LogP contribution < -0.4 is 0 Å². The number of fused-ring (bicyclic) bond motifs is 1. The van der Waals surface area contributed by atoms with Gasteiger partial charge < -0.3 is 0 Å². The first-order chi connectivity index (χ1) is 8.16. The largest absolute Gasteiger partial charge is 0.284 e. The van der Waals surface area contributed by atoms with E-state index in [1.807, 2.05) is 24.3 Å². The van der Waals surface area contributed by atoms with Gasteiger partial charge in [-0.1, -0.05) is 12.1 Å². The summed E-state index contributed by atoms with van der Waals surface area (Å²) in [6, 6.07) is 6.76. The molecule has 1 aromatic carbocycles. The molecule has 0 aliphatic carbocycles. The molecule has 1 saturated heterocycles. The molecule has 0 saturated carbocycles. The lowest BCUT2D eigenvalue weighted by atomic mass is 10.3. The van der Waals surface area contributed by atoms with Gasteiger partial charge in [0, 0.05) is 7.05 Å². The molecule has 0 radical (unpaired) electrons. The third kappa shape index (κ3) is 1.41. The summed E-state index contributed by atoms with van der Waals surface area (Å²) < 4.78 is 0. The Hall–Kier alpha value is -2.24. The highest BCUT2D eigenvalue weighted by molar-refractivity contribution is 6.04. The number of likely N-dealkylation sites (N-methyl/N-ethyl adjacent to an activating group) is 1. The van der Waals surface area contributed by atoms with Crippen LogP contribution in [-0.4, -0.2) is 38.8 Å². The topological polar surface area (TPSA) is 68.1 Å². The summed E-state index contributed by atoms with van der Waals surface area (Å²) >= 11 is 0. The highest BCUT2D eigenvalue weighted by Crippen LogP contribution is 2.22. The number of rotatable bonds is 1. The Morgan fingerprint density at radius 1 is 1.18 bits per heavy atom. The van der Waals surface area contributed by atoms with Gasteiger partial charge in [-0.05, 0) is 12.1 Å². The smallest absolute Gasteiger partial charge is 0.256 e. The Morgan fingerprint density at radius 2 is 1.76 bits per heavy atom. The molecule has 2 amide bonds. The molecule has 2 aromatic rings. The Kier molecular flexibility index (Phi) is 1.98. The van der Waals surface area contributed by atoms with Gasteiger partial charge in [0.1, 0.15) is 11.0 Å². The number of likely N-dealkylation sites (tertiary alicyclic amines) is 1. The van der Waals surface area contributed by atoms with Crippen molar-refractivity contribution >= 4 is 22.8 Å². The van der Waals surface area contributed by atoms with E-state index in [-0.39, 0.29) is 18.2 Å². The Bertz CT molecular complexity index is 586. The van der Waals surface area contributed by atoms with Gasteiger partial charge in [0.2, 0.25) is 5.91 Å². The number of hydrogen-bond acceptors (Lipinski definition) is 4. The fourth-order valence-corrected chi connectivity index (χ4v) is 1.93. The minimum absolute atomic E-state index is 0.135. The first kappa shape index (κ1) is 9.95. The van der Waals surface area contributed by atoms with Crippen molar-refractivity contribution in [2.45, 2.75) is 12.5 Å². The number of aromatic nitrogens is 3. The molecule has 0 spiro atoms. The number of benzene rings is 1. The minimum atomic E-state index is -0.597. The average molecular weight is 230 g/mol. The quantitative estimate of drug-likeness (QED) is 0.663. The van der Waals surface area contributed by atoms with E-state index in [4.69, 9.17) is 0 Å². The molecular weight excluding hydrogens is 220 g/mol. The second-order valence-corrected chi connectivity index (χ2v) is 4.02. The fourth-order valence-electron chi connectivity index (χ4n) is 1.93. The molecule has 6 nitrogen and oxygen atoms in total. The lowest BCUT2D eigenvalue weighted by Gasteiger charge is -2.06. The number of nitrogens with zero attached hydrogens (tertiary/aromatic N) is 4. The first-order valence-corrected chi connectivity index (χ1v) is 5.29. The highest BCUT2D eigenvalue weighted by atomic mass is 16.2. The average Bonchev–Trinajstić information content (AvgIpc) is 2.86. The van der Waals surface area contributed by atoms with Gasteiger partial charge in [-0.3, -0.25) is 14.5 Å². The summed E-state index contributed by atoms with van der Waals surface area (Å²) in [5, 5.41) is 8.44. The van der Waals surface area contributed by atoms with Gasteiger partial charge in [0.15, 0.2) is 6.04 Å². The third-order valence-electron chi connectivity index (χ3n) is 2.94. The van der Waals surface area contributed by atoms with E-state index in [1.54, 1.807) is 0 Å². The van der Waals surface area contributed by atoms with Crippen LogP contribution in [0.2, 0.25) is 0 Å². The summed E-state index contributed by atoms with van der Waals surface area (Å²) in [4.78, 5) is 25.7. The molecule has 2 heterocycles. The van der Waals surface area contributed by atoms with E-state index < -0.39 is 6.04 Å². The lowest BCUT2D eigenvalue weighted by Crippen LogP contribution is -2.27. The number of hydrogen-bond donors (Lipinski definition) is 0. The standard InChI is InChI=1S/C11H10N4O2/c1-14-10(16)6-9(11(14)17)15-12-7-4-2-3-5-8(7)13-15/h2-5,9H,6H2,1H3. The minimum Gasteiger partial charge on any atom is -0.284 e. The molecule has 17 heavy (non-hydrogen) atoms. The van der Waals surface area contributed by atoms with Crippen molar-refractivity contribution < 1.29 is 9.59 Å². The SMILES string of the molecule is CN1C(=O)CC(n2nc3ccccc3n2)C1=O. The van der Waals surface area contributed by atoms with Gasteiger partial charge in [-0.2, -0.15) is 15.0 Å². The molecule has 3 rings (SSSR count). The second-order valence-electron chi connectivity index (χ2n) is 4.02. The number of imide groups is 1. The van der Waals surface area contributed by atoms with Crippen molar-refractivity contribution in [3.63, 3.8) is 0 Å². The zero-order valence-corrected chi connectivity index (χ0v) is 9.20. The van der Waals surface area contributed by atoms with Crippen molar-refractivity contribution in [3.8, 4) is 0 Å². The van der Waals surface area contributed by atoms with E-state index in [9.17, 15) is 9.59 Å². The van der Waals surface area contributed by atoms with Crippen LogP contribution in [0.25, 0.3) is 11.0 Å². The van der Waals surface area contributed by atoms with E-state index in [1.165, 1.54) is 11.8 Å². The summed E-state index contributed by atoms with van der Waals surface area (Å²) in [6.07, 6.45) is 0.135. The lowest BCUT2D eigenvalue weighted by molar-refractivity contribution is -0.137. The van der Waals surface area contributed by atoms with Crippen LogP contribution in [0.5, 0.6) is 0 Å². The van der Waals surface area contributed by atoms with Crippen LogP contribution in [-0.2, 0) is 9.59 Å². The predicted octanol–water partition coefficient (Wildman–Crippen LogP) is 0.361. The predicted molar refractivity (Wildman–Crippen MR) is 59.0 cm³/mol. The maximum atomic E-state index is 11.8. The monoisotopic (exact) mass is 230 g/mol. The maximum Gasteiger partial charge on any atom is 0.256 e. The van der Waals surface area contributed by atoms with Gasteiger partial charge in [0.05, 0.1) is 6.42 Å². The van der Waals surface area contributed by atoms with Gasteiger partial charge in [-0.15, -0.1) is 0 Å². The number of amides is 2. The van der Waals surface area contributed by atoms with Crippen LogP contribution in [0.1, 0.15) is 12.5 Å². The molecule has 1 fully saturated rings. The molecule has 1 aliphatic heterocycles. The van der Waals surface area contributed by atoms with Gasteiger partial charge in [-0.25, -0.2) is 0 Å². The maximum absolute atomic E-state index is 11.8. The zero-order chi connectivity index (χ0) is 12.0. The van der Waals surface area contributed by atoms with Crippen LogP contribution in [0.4, 0.5) is 0 Å².